The van der Waals surface area contributed by atoms with Gasteiger partial charge in [-0.25, -0.2) is 4.79 Å². The summed E-state index contributed by atoms with van der Waals surface area (Å²) in [6.07, 6.45) is -0.294. The number of nitrogens with two attached hydrogens (primary N) is 1. The Bertz CT molecular complexity index is 949. The van der Waals surface area contributed by atoms with Crippen molar-refractivity contribution in [3.05, 3.63) is 29.8 Å². The molecule has 4 atom stereocenters. The third-order valence-electron chi connectivity index (χ3n) is 5.40. The van der Waals surface area contributed by atoms with Gasteiger partial charge in [-0.2, -0.15) is 0 Å². The van der Waals surface area contributed by atoms with Gasteiger partial charge in [0.2, 0.25) is 17.7 Å². The van der Waals surface area contributed by atoms with Crippen LogP contribution in [0.25, 0.3) is 0 Å². The molecule has 1 aromatic rings. The summed E-state index contributed by atoms with van der Waals surface area (Å²) in [7, 11) is 0. The predicted octanol–water partition coefficient (Wildman–Crippen LogP) is 0.368. The van der Waals surface area contributed by atoms with Crippen molar-refractivity contribution < 1.29 is 39.3 Å². The van der Waals surface area contributed by atoms with Crippen molar-refractivity contribution in [3.63, 3.8) is 0 Å². The minimum atomic E-state index is -1.68. The van der Waals surface area contributed by atoms with Crippen molar-refractivity contribution in [2.45, 2.75) is 77.5 Å². The molecular formula is C25H38N4O8. The van der Waals surface area contributed by atoms with E-state index >= 15 is 0 Å². The molecule has 0 aliphatic heterocycles. The van der Waals surface area contributed by atoms with Gasteiger partial charge in [0.1, 0.15) is 23.9 Å². The Kier molecular flexibility index (Phi) is 12.5. The highest BCUT2D eigenvalue weighted by molar-refractivity contribution is 5.94. The first-order valence-corrected chi connectivity index (χ1v) is 12.1. The average Bonchev–Trinajstić information content (AvgIpc) is 2.77. The van der Waals surface area contributed by atoms with Crippen LogP contribution >= 0.6 is 0 Å². The number of carboxylic acid groups (broad SMARTS) is 2. The van der Waals surface area contributed by atoms with Crippen molar-refractivity contribution >= 4 is 29.7 Å². The Balaban J connectivity index is 3.15. The lowest BCUT2D eigenvalue weighted by Gasteiger charge is -2.26. The number of nitrogens with one attached hydrogen (secondary N) is 3. The molecule has 206 valence electrons. The number of hydrogen-bond acceptors (Lipinski definition) is 7. The Labute approximate surface area is 216 Å². The number of aliphatic carboxylic acids is 2. The smallest absolute Gasteiger partial charge is 0.326 e. The minimum absolute atomic E-state index is 0.0238. The third-order valence-corrected chi connectivity index (χ3v) is 5.40. The topological polar surface area (TPSA) is 208 Å². The second-order valence-corrected chi connectivity index (χ2v) is 9.86. The lowest BCUT2D eigenvalue weighted by molar-refractivity contribution is -0.147. The van der Waals surface area contributed by atoms with E-state index in [0.29, 0.717) is 12.0 Å². The van der Waals surface area contributed by atoms with Gasteiger partial charge in [-0.15, -0.1) is 0 Å². The van der Waals surface area contributed by atoms with Gasteiger partial charge in [-0.3, -0.25) is 19.2 Å². The van der Waals surface area contributed by atoms with Crippen LogP contribution in [0.15, 0.2) is 24.3 Å². The maximum absolute atomic E-state index is 13.3. The summed E-state index contributed by atoms with van der Waals surface area (Å²) in [6.45, 7) is 7.38. The highest BCUT2D eigenvalue weighted by Gasteiger charge is 2.31. The number of carbonyl (C=O) groups excluding carboxylic acids is 3. The van der Waals surface area contributed by atoms with Crippen molar-refractivity contribution in [1.29, 1.82) is 0 Å². The maximum Gasteiger partial charge on any atom is 0.326 e. The second-order valence-electron chi connectivity index (χ2n) is 9.86. The van der Waals surface area contributed by atoms with Crippen LogP contribution in [-0.4, -0.2) is 69.1 Å². The minimum Gasteiger partial charge on any atom is -0.508 e. The van der Waals surface area contributed by atoms with Crippen LogP contribution in [0.2, 0.25) is 0 Å². The number of phenols is 1. The number of carbonyl (C=O) groups is 5. The lowest BCUT2D eigenvalue weighted by atomic mass is 9.99. The highest BCUT2D eigenvalue weighted by Crippen LogP contribution is 2.13. The molecular weight excluding hydrogens is 484 g/mol. The quantitative estimate of drug-likeness (QED) is 0.169. The van der Waals surface area contributed by atoms with E-state index in [9.17, 15) is 34.2 Å². The molecule has 0 aliphatic rings. The molecule has 0 radical (unpaired) electrons. The molecule has 0 bridgehead atoms. The van der Waals surface area contributed by atoms with Crippen LogP contribution in [0, 0.1) is 11.8 Å². The average molecular weight is 523 g/mol. The molecule has 0 saturated carbocycles. The number of hydrogen-bond donors (Lipinski definition) is 7. The zero-order valence-corrected chi connectivity index (χ0v) is 21.6. The van der Waals surface area contributed by atoms with E-state index in [1.807, 2.05) is 13.8 Å². The Morgan fingerprint density at radius 1 is 0.757 bits per heavy atom. The molecule has 3 amide bonds. The molecule has 4 unspecified atom stereocenters. The van der Waals surface area contributed by atoms with E-state index in [1.165, 1.54) is 12.1 Å². The van der Waals surface area contributed by atoms with Gasteiger partial charge in [0, 0.05) is 6.42 Å². The molecule has 0 fully saturated rings. The first kappa shape index (κ1) is 31.4. The summed E-state index contributed by atoms with van der Waals surface area (Å²) >= 11 is 0. The van der Waals surface area contributed by atoms with Gasteiger partial charge in [-0.05, 0) is 42.4 Å². The summed E-state index contributed by atoms with van der Waals surface area (Å²) in [5.74, 6) is -4.99. The lowest BCUT2D eigenvalue weighted by Crippen LogP contribution is -2.58. The fourth-order valence-corrected chi connectivity index (χ4v) is 3.59. The van der Waals surface area contributed by atoms with Crippen molar-refractivity contribution in [1.82, 2.24) is 16.0 Å². The molecule has 0 aromatic heterocycles. The molecule has 1 rings (SSSR count). The van der Waals surface area contributed by atoms with E-state index in [4.69, 9.17) is 10.8 Å². The fourth-order valence-electron chi connectivity index (χ4n) is 3.59. The molecule has 12 heteroatoms. The van der Waals surface area contributed by atoms with E-state index < -0.39 is 60.2 Å². The predicted molar refractivity (Wildman–Crippen MR) is 134 cm³/mol. The second kappa shape index (κ2) is 14.8. The molecule has 8 N–H and O–H groups in total. The van der Waals surface area contributed by atoms with Crippen molar-refractivity contribution in [2.24, 2.45) is 17.6 Å². The first-order chi connectivity index (χ1) is 17.2. The molecule has 0 spiro atoms. The largest absolute Gasteiger partial charge is 0.508 e. The Morgan fingerprint density at radius 2 is 1.24 bits per heavy atom. The van der Waals surface area contributed by atoms with Gasteiger partial charge < -0.3 is 37.0 Å². The van der Waals surface area contributed by atoms with E-state index in [2.05, 4.69) is 16.0 Å². The van der Waals surface area contributed by atoms with Crippen LogP contribution in [0.5, 0.6) is 5.75 Å². The molecule has 37 heavy (non-hydrogen) atoms. The highest BCUT2D eigenvalue weighted by atomic mass is 16.4. The fraction of sp³-hybridized carbons (Fsp3) is 0.560. The van der Waals surface area contributed by atoms with Crippen LogP contribution in [0.3, 0.4) is 0 Å². The summed E-state index contributed by atoms with van der Waals surface area (Å²) < 4.78 is 0. The number of benzene rings is 1. The van der Waals surface area contributed by atoms with Crippen LogP contribution in [0.1, 0.15) is 52.5 Å². The molecule has 0 aliphatic carbocycles. The standard InChI is InChI=1S/C25H38N4O8/c1-13(2)9-17(26)22(33)27-19(11-15-5-7-16(30)8-6-15)24(35)28-18(10-14(3)4)23(34)29-20(25(36)37)12-21(31)32/h5-8,13-14,17-20,30H,9-12,26H2,1-4H3,(H,27,33)(H,28,35)(H,29,34)(H,31,32)(H,36,37). The van der Waals surface area contributed by atoms with Gasteiger partial charge in [0.15, 0.2) is 0 Å². The number of aromatic hydroxyl groups is 1. The maximum atomic E-state index is 13.3. The summed E-state index contributed by atoms with van der Waals surface area (Å²) in [5.41, 5.74) is 6.59. The molecule has 0 saturated heterocycles. The number of rotatable bonds is 15. The van der Waals surface area contributed by atoms with Gasteiger partial charge >= 0.3 is 11.9 Å². The van der Waals surface area contributed by atoms with Crippen LogP contribution in [0.4, 0.5) is 0 Å². The monoisotopic (exact) mass is 522 g/mol. The Morgan fingerprint density at radius 3 is 1.73 bits per heavy atom. The summed E-state index contributed by atoms with van der Waals surface area (Å²) in [5, 5.41) is 35.1. The van der Waals surface area contributed by atoms with E-state index in [0.717, 1.165) is 0 Å². The number of amides is 3. The molecule has 0 heterocycles. The van der Waals surface area contributed by atoms with E-state index in [-0.39, 0.29) is 30.4 Å². The zero-order valence-electron chi connectivity index (χ0n) is 21.6. The Hall–Kier alpha value is -3.67. The van der Waals surface area contributed by atoms with Gasteiger partial charge in [0.05, 0.1) is 12.5 Å². The first-order valence-electron chi connectivity index (χ1n) is 12.1. The summed E-state index contributed by atoms with van der Waals surface area (Å²) in [6, 6.07) is 1.16. The van der Waals surface area contributed by atoms with Crippen molar-refractivity contribution in [3.8, 4) is 5.75 Å². The van der Waals surface area contributed by atoms with Gasteiger partial charge in [0.25, 0.3) is 0 Å². The molecule has 12 nitrogen and oxygen atoms in total. The normalized spacial score (nSPS) is 14.4. The van der Waals surface area contributed by atoms with Gasteiger partial charge in [-0.1, -0.05) is 39.8 Å². The zero-order chi connectivity index (χ0) is 28.3. The van der Waals surface area contributed by atoms with Crippen LogP contribution in [-0.2, 0) is 30.4 Å². The summed E-state index contributed by atoms with van der Waals surface area (Å²) in [4.78, 5) is 61.2. The van der Waals surface area contributed by atoms with Crippen molar-refractivity contribution in [2.75, 3.05) is 0 Å². The number of phenolic OH excluding ortho intramolecular Hbond substituents is 1. The van der Waals surface area contributed by atoms with Crippen LogP contribution < -0.4 is 21.7 Å². The SMILES string of the molecule is CC(C)CC(N)C(=O)NC(Cc1ccc(O)cc1)C(=O)NC(CC(C)C)C(=O)NC(CC(=O)O)C(=O)O. The third kappa shape index (κ3) is 11.7. The molecule has 1 aromatic carbocycles. The van der Waals surface area contributed by atoms with E-state index in [1.54, 1.807) is 26.0 Å². The number of carboxylic acids is 2.